The summed E-state index contributed by atoms with van der Waals surface area (Å²) in [6, 6.07) is 7.85. The van der Waals surface area contributed by atoms with E-state index in [4.69, 9.17) is 11.6 Å². The van der Waals surface area contributed by atoms with E-state index in [0.717, 1.165) is 15.7 Å². The lowest BCUT2D eigenvalue weighted by Gasteiger charge is -2.18. The zero-order chi connectivity index (χ0) is 17.5. The number of halogens is 1. The number of fused-ring (bicyclic) bond motifs is 1. The molecule has 1 aromatic carbocycles. The van der Waals surface area contributed by atoms with Crippen LogP contribution in [-0.4, -0.2) is 34.5 Å². The minimum absolute atomic E-state index is 0.0913. The van der Waals surface area contributed by atoms with Gasteiger partial charge in [-0.25, -0.2) is 17.7 Å². The van der Waals surface area contributed by atoms with Gasteiger partial charge in [0, 0.05) is 23.0 Å². The Morgan fingerprint density at radius 1 is 1.17 bits per heavy atom. The van der Waals surface area contributed by atoms with E-state index in [0.29, 0.717) is 10.8 Å². The highest BCUT2D eigenvalue weighted by Crippen LogP contribution is 2.22. The van der Waals surface area contributed by atoms with Gasteiger partial charge in [0.2, 0.25) is 0 Å². The third-order valence-corrected chi connectivity index (χ3v) is 5.64. The first kappa shape index (κ1) is 16.7. The molecule has 126 valence electrons. The molecule has 0 fully saturated rings. The zero-order valence-electron chi connectivity index (χ0n) is 13.4. The topological polar surface area (TPSA) is 80.5 Å². The molecule has 0 amide bonds. The van der Waals surface area contributed by atoms with Gasteiger partial charge in [-0.3, -0.25) is 0 Å². The van der Waals surface area contributed by atoms with Gasteiger partial charge < -0.3 is 0 Å². The predicted molar refractivity (Wildman–Crippen MR) is 91.9 cm³/mol. The van der Waals surface area contributed by atoms with Crippen LogP contribution in [0.5, 0.6) is 0 Å². The minimum atomic E-state index is -3.78. The van der Waals surface area contributed by atoms with Crippen molar-refractivity contribution in [3.05, 3.63) is 46.7 Å². The maximum absolute atomic E-state index is 12.9. The van der Waals surface area contributed by atoms with Crippen molar-refractivity contribution in [3.63, 3.8) is 0 Å². The fraction of sp³-hybridized carbons (Fsp3) is 0.267. The van der Waals surface area contributed by atoms with Crippen LogP contribution in [0.25, 0.3) is 5.78 Å². The average Bonchev–Trinajstić information content (AvgIpc) is 2.91. The van der Waals surface area contributed by atoms with Crippen molar-refractivity contribution in [2.45, 2.75) is 25.7 Å². The number of hydrogen-bond donors (Lipinski definition) is 0. The number of nitrogens with zero attached hydrogens (tertiary/aromatic N) is 5. The van der Waals surface area contributed by atoms with Crippen LogP contribution in [0.2, 0.25) is 5.02 Å². The normalized spacial score (nSPS) is 11.8. The van der Waals surface area contributed by atoms with E-state index in [1.54, 1.807) is 6.92 Å². The summed E-state index contributed by atoms with van der Waals surface area (Å²) in [5.74, 6) is 0.459. The number of aryl methyl sites for hydroxylation is 2. The Balaban J connectivity index is 2.11. The Bertz CT molecular complexity index is 999. The first-order chi connectivity index (χ1) is 11.3. The molecule has 2 heterocycles. The van der Waals surface area contributed by atoms with Crippen LogP contribution in [0.1, 0.15) is 18.3 Å². The molecule has 0 aliphatic rings. The Hall–Kier alpha value is -2.19. The van der Waals surface area contributed by atoms with E-state index in [9.17, 15) is 8.42 Å². The molecular formula is C15H16ClN5O2S. The van der Waals surface area contributed by atoms with Crippen LogP contribution in [0.3, 0.4) is 0 Å². The molecule has 0 N–H and O–H groups in total. The largest absolute Gasteiger partial charge is 0.266 e. The number of sulfonamides is 1. The van der Waals surface area contributed by atoms with Gasteiger partial charge in [-0.15, -0.1) is 5.10 Å². The summed E-state index contributed by atoms with van der Waals surface area (Å²) in [6.07, 6.45) is 0. The number of anilines is 1. The van der Waals surface area contributed by atoms with Gasteiger partial charge in [0.1, 0.15) is 0 Å². The highest BCUT2D eigenvalue weighted by atomic mass is 35.5. The summed E-state index contributed by atoms with van der Waals surface area (Å²) >= 11 is 5.83. The van der Waals surface area contributed by atoms with Crippen molar-refractivity contribution in [2.75, 3.05) is 10.8 Å². The standard InChI is InChI=1S/C15H16ClN5O2S/c1-4-20(24(22,23)13-7-5-12(16)6-8-13)15-18-14-17-10(2)9-11(3)21(14)19-15/h5-9H,4H2,1-3H3. The van der Waals surface area contributed by atoms with Crippen LogP contribution in [-0.2, 0) is 10.0 Å². The number of hydrogen-bond acceptors (Lipinski definition) is 5. The molecule has 0 aliphatic carbocycles. The monoisotopic (exact) mass is 365 g/mol. The number of benzene rings is 1. The van der Waals surface area contributed by atoms with E-state index in [1.165, 1.54) is 28.8 Å². The Kier molecular flexibility index (Phi) is 4.18. The molecule has 0 bridgehead atoms. The van der Waals surface area contributed by atoms with E-state index in [1.807, 2.05) is 19.9 Å². The van der Waals surface area contributed by atoms with Gasteiger partial charge in [-0.2, -0.15) is 9.50 Å². The fourth-order valence-corrected chi connectivity index (χ4v) is 3.91. The average molecular weight is 366 g/mol. The molecule has 7 nitrogen and oxygen atoms in total. The third kappa shape index (κ3) is 2.83. The molecule has 0 aliphatic heterocycles. The first-order valence-electron chi connectivity index (χ1n) is 7.32. The summed E-state index contributed by atoms with van der Waals surface area (Å²) in [5, 5.41) is 4.77. The first-order valence-corrected chi connectivity index (χ1v) is 9.14. The molecular weight excluding hydrogens is 350 g/mol. The fourth-order valence-electron chi connectivity index (χ4n) is 2.41. The van der Waals surface area contributed by atoms with Crippen molar-refractivity contribution < 1.29 is 8.42 Å². The maximum Gasteiger partial charge on any atom is 0.266 e. The van der Waals surface area contributed by atoms with Gasteiger partial charge in [0.05, 0.1) is 4.90 Å². The van der Waals surface area contributed by atoms with Crippen LogP contribution in [0, 0.1) is 13.8 Å². The molecule has 24 heavy (non-hydrogen) atoms. The van der Waals surface area contributed by atoms with Crippen molar-refractivity contribution >= 4 is 33.4 Å². The highest BCUT2D eigenvalue weighted by molar-refractivity contribution is 7.92. The lowest BCUT2D eigenvalue weighted by molar-refractivity contribution is 0.590. The van der Waals surface area contributed by atoms with Crippen molar-refractivity contribution in [2.24, 2.45) is 0 Å². The summed E-state index contributed by atoms with van der Waals surface area (Å²) in [7, 11) is -3.78. The van der Waals surface area contributed by atoms with Crippen LogP contribution in [0.4, 0.5) is 5.95 Å². The second-order valence-electron chi connectivity index (χ2n) is 5.29. The Labute approximate surface area is 145 Å². The van der Waals surface area contributed by atoms with Crippen molar-refractivity contribution in [3.8, 4) is 0 Å². The Morgan fingerprint density at radius 2 is 1.83 bits per heavy atom. The molecule has 0 radical (unpaired) electrons. The molecule has 3 rings (SSSR count). The van der Waals surface area contributed by atoms with Gasteiger partial charge in [0.25, 0.3) is 21.7 Å². The minimum Gasteiger partial charge on any atom is -0.233 e. The SMILES string of the molecule is CCN(c1nc2nc(C)cc(C)n2n1)S(=O)(=O)c1ccc(Cl)cc1. The highest BCUT2D eigenvalue weighted by Gasteiger charge is 2.27. The molecule has 0 atom stereocenters. The Morgan fingerprint density at radius 3 is 2.46 bits per heavy atom. The van der Waals surface area contributed by atoms with Gasteiger partial charge >= 0.3 is 0 Å². The second kappa shape index (κ2) is 6.03. The summed E-state index contributed by atoms with van der Waals surface area (Å²) < 4.78 is 28.4. The molecule has 0 saturated heterocycles. The van der Waals surface area contributed by atoms with Crippen LogP contribution >= 0.6 is 11.6 Å². The maximum atomic E-state index is 12.9. The zero-order valence-corrected chi connectivity index (χ0v) is 15.0. The van der Waals surface area contributed by atoms with Gasteiger partial charge in [0.15, 0.2) is 0 Å². The van der Waals surface area contributed by atoms with E-state index >= 15 is 0 Å². The predicted octanol–water partition coefficient (Wildman–Crippen LogP) is 2.61. The molecule has 0 saturated carbocycles. The summed E-state index contributed by atoms with van der Waals surface area (Å²) in [6.45, 7) is 5.64. The van der Waals surface area contributed by atoms with Crippen LogP contribution in [0.15, 0.2) is 35.2 Å². The quantitative estimate of drug-likeness (QED) is 0.710. The molecule has 2 aromatic heterocycles. The van der Waals surface area contributed by atoms with Crippen LogP contribution < -0.4 is 4.31 Å². The number of rotatable bonds is 4. The van der Waals surface area contributed by atoms with Gasteiger partial charge in [-0.1, -0.05) is 11.6 Å². The van der Waals surface area contributed by atoms with Crippen molar-refractivity contribution in [1.82, 2.24) is 19.6 Å². The second-order valence-corrected chi connectivity index (χ2v) is 7.58. The van der Waals surface area contributed by atoms with Crippen molar-refractivity contribution in [1.29, 1.82) is 0 Å². The number of aromatic nitrogens is 4. The molecule has 0 unspecified atom stereocenters. The lowest BCUT2D eigenvalue weighted by atomic mass is 10.4. The molecule has 0 spiro atoms. The van der Waals surface area contributed by atoms with E-state index in [-0.39, 0.29) is 17.4 Å². The summed E-state index contributed by atoms with van der Waals surface area (Å²) in [4.78, 5) is 8.70. The lowest BCUT2D eigenvalue weighted by Crippen LogP contribution is -2.31. The molecule has 9 heteroatoms. The van der Waals surface area contributed by atoms with Gasteiger partial charge in [-0.05, 0) is 51.1 Å². The van der Waals surface area contributed by atoms with E-state index < -0.39 is 10.0 Å². The van der Waals surface area contributed by atoms with E-state index in [2.05, 4.69) is 15.1 Å². The third-order valence-electron chi connectivity index (χ3n) is 3.52. The molecule has 3 aromatic rings. The smallest absolute Gasteiger partial charge is 0.233 e. The summed E-state index contributed by atoms with van der Waals surface area (Å²) in [5.41, 5.74) is 1.62.